The Morgan fingerprint density at radius 3 is 2.57 bits per heavy atom. The number of hydrogen-bond acceptors (Lipinski definition) is 5. The molecule has 0 saturated carbocycles. The van der Waals surface area contributed by atoms with E-state index in [9.17, 15) is 14.7 Å². The van der Waals surface area contributed by atoms with Crippen molar-refractivity contribution in [1.82, 2.24) is 14.9 Å². The predicted molar refractivity (Wildman–Crippen MR) is 167 cm³/mol. The highest BCUT2D eigenvalue weighted by molar-refractivity contribution is 7.80. The fourth-order valence-corrected chi connectivity index (χ4v) is 6.03. The maximum atomic E-state index is 12.1. The number of thiocarbonyl (C=S) groups is 1. The van der Waals surface area contributed by atoms with Crippen LogP contribution in [0.3, 0.4) is 0 Å². The minimum Gasteiger partial charge on any atom is -0.478 e. The van der Waals surface area contributed by atoms with Crippen LogP contribution < -0.4 is 15.5 Å². The Balaban J connectivity index is 1.63. The summed E-state index contributed by atoms with van der Waals surface area (Å²) in [5.74, 6) is -1.29. The molecule has 0 bridgehead atoms. The highest BCUT2D eigenvalue weighted by atomic mass is 35.5. The standard InChI is InChI=1S/C31H30ClN5O4S/c1-17-8-9-20(30(39)40)14-26(17)36-18(2)13-22(19(36)3)29-28(25-7-5-6-12-33-25)35-31(42)37(29)21-10-11-24(23(32)15-21)34-27(38)16-41-4/h5-15,28-29H,16H2,1-4H3,(H,34,38)(H,35,42)(H,39,40). The van der Waals surface area contributed by atoms with E-state index in [2.05, 4.69) is 26.3 Å². The van der Waals surface area contributed by atoms with Gasteiger partial charge in [-0.2, -0.15) is 0 Å². The summed E-state index contributed by atoms with van der Waals surface area (Å²) >= 11 is 12.5. The third kappa shape index (κ3) is 5.48. The molecule has 1 amide bonds. The molecular formula is C31H30ClN5O4S. The number of carbonyl (C=O) groups is 2. The van der Waals surface area contributed by atoms with Gasteiger partial charge < -0.3 is 29.9 Å². The quantitative estimate of drug-likeness (QED) is 0.213. The monoisotopic (exact) mass is 603 g/mol. The zero-order valence-electron chi connectivity index (χ0n) is 23.5. The summed E-state index contributed by atoms with van der Waals surface area (Å²) in [5.41, 5.74) is 6.85. The van der Waals surface area contributed by atoms with Crippen LogP contribution in [0.25, 0.3) is 5.69 Å². The number of hydrogen-bond donors (Lipinski definition) is 3. The smallest absolute Gasteiger partial charge is 0.335 e. The minimum atomic E-state index is -0.982. The number of pyridine rings is 1. The number of aromatic nitrogens is 2. The van der Waals surface area contributed by atoms with Gasteiger partial charge in [0.25, 0.3) is 0 Å². The van der Waals surface area contributed by atoms with Gasteiger partial charge in [0.2, 0.25) is 5.91 Å². The maximum absolute atomic E-state index is 12.1. The zero-order valence-corrected chi connectivity index (χ0v) is 25.1. The molecule has 1 saturated heterocycles. The fraction of sp³-hybridized carbons (Fsp3) is 0.226. The van der Waals surface area contributed by atoms with Gasteiger partial charge >= 0.3 is 5.97 Å². The number of nitrogens with one attached hydrogen (secondary N) is 2. The van der Waals surface area contributed by atoms with Crippen molar-refractivity contribution in [3.05, 3.63) is 106 Å². The molecule has 3 N–H and O–H groups in total. The number of benzene rings is 2. The molecule has 0 spiro atoms. The largest absolute Gasteiger partial charge is 0.478 e. The molecule has 2 aromatic heterocycles. The summed E-state index contributed by atoms with van der Waals surface area (Å²) in [5, 5.41) is 16.7. The van der Waals surface area contributed by atoms with Crippen molar-refractivity contribution in [3.8, 4) is 5.69 Å². The van der Waals surface area contributed by atoms with Gasteiger partial charge in [-0.15, -0.1) is 0 Å². The second-order valence-corrected chi connectivity index (χ2v) is 10.9. The second-order valence-electron chi connectivity index (χ2n) is 10.1. The van der Waals surface area contributed by atoms with Crippen LogP contribution in [-0.4, -0.2) is 45.4 Å². The van der Waals surface area contributed by atoms with Crippen LogP contribution >= 0.6 is 23.8 Å². The highest BCUT2D eigenvalue weighted by Gasteiger charge is 2.42. The molecule has 1 fully saturated rings. The van der Waals surface area contributed by atoms with Crippen LogP contribution in [0, 0.1) is 20.8 Å². The Bertz CT molecular complexity index is 1690. The van der Waals surface area contributed by atoms with Crippen molar-refractivity contribution < 1.29 is 19.4 Å². The fourth-order valence-electron chi connectivity index (χ4n) is 5.46. The SMILES string of the molecule is COCC(=O)Nc1ccc(N2C(=S)NC(c3ccccn3)C2c2cc(C)n(-c3cc(C(=O)O)ccc3C)c2C)cc1Cl. The van der Waals surface area contributed by atoms with Crippen LogP contribution in [0.1, 0.15) is 50.7 Å². The molecule has 9 nitrogen and oxygen atoms in total. The Morgan fingerprint density at radius 2 is 1.90 bits per heavy atom. The first-order chi connectivity index (χ1) is 20.1. The number of nitrogens with zero attached hydrogens (tertiary/aromatic N) is 3. The normalized spacial score (nSPS) is 16.4. The molecule has 5 rings (SSSR count). The molecule has 2 atom stereocenters. The number of carboxylic acids is 1. The second kappa shape index (κ2) is 11.9. The highest BCUT2D eigenvalue weighted by Crippen LogP contribution is 2.45. The van der Waals surface area contributed by atoms with E-state index in [-0.39, 0.29) is 30.2 Å². The lowest BCUT2D eigenvalue weighted by Gasteiger charge is -2.28. The van der Waals surface area contributed by atoms with Crippen molar-refractivity contribution in [3.63, 3.8) is 0 Å². The van der Waals surface area contributed by atoms with E-state index in [0.29, 0.717) is 15.8 Å². The number of rotatable bonds is 8. The van der Waals surface area contributed by atoms with E-state index in [1.165, 1.54) is 7.11 Å². The number of carboxylic acid groups (broad SMARTS) is 1. The molecule has 11 heteroatoms. The number of aromatic carboxylic acids is 1. The Hall–Kier alpha value is -4.25. The number of anilines is 2. The predicted octanol–water partition coefficient (Wildman–Crippen LogP) is 5.91. The van der Waals surface area contributed by atoms with Crippen molar-refractivity contribution in [1.29, 1.82) is 0 Å². The molecule has 1 aliphatic rings. The molecule has 216 valence electrons. The number of carbonyl (C=O) groups excluding carboxylic acids is 1. The lowest BCUT2D eigenvalue weighted by atomic mass is 9.96. The number of halogens is 1. The van der Waals surface area contributed by atoms with Crippen LogP contribution in [-0.2, 0) is 9.53 Å². The van der Waals surface area contributed by atoms with E-state index < -0.39 is 5.97 Å². The van der Waals surface area contributed by atoms with Crippen LogP contribution in [0.5, 0.6) is 0 Å². The number of aryl methyl sites for hydroxylation is 2. The van der Waals surface area contributed by atoms with E-state index in [1.54, 1.807) is 30.5 Å². The van der Waals surface area contributed by atoms with Gasteiger partial charge in [-0.05, 0) is 92.6 Å². The summed E-state index contributed by atoms with van der Waals surface area (Å²) in [6.07, 6.45) is 1.75. The van der Waals surface area contributed by atoms with E-state index in [4.69, 9.17) is 28.6 Å². The molecule has 3 heterocycles. The molecule has 4 aromatic rings. The van der Waals surface area contributed by atoms with Crippen molar-refractivity contribution in [2.24, 2.45) is 0 Å². The first kappa shape index (κ1) is 29.2. The minimum absolute atomic E-state index is 0.0868. The number of methoxy groups -OCH3 is 1. The molecule has 2 aromatic carbocycles. The number of amides is 1. The van der Waals surface area contributed by atoms with Crippen LogP contribution in [0.15, 0.2) is 66.9 Å². The number of ether oxygens (including phenoxy) is 1. The van der Waals surface area contributed by atoms with Gasteiger partial charge in [0.15, 0.2) is 5.11 Å². The van der Waals surface area contributed by atoms with Gasteiger partial charge in [0, 0.05) is 36.1 Å². The van der Waals surface area contributed by atoms with Crippen molar-refractivity contribution >= 4 is 52.2 Å². The first-order valence-electron chi connectivity index (χ1n) is 13.2. The van der Waals surface area contributed by atoms with Gasteiger partial charge in [0.1, 0.15) is 6.61 Å². The van der Waals surface area contributed by atoms with Crippen LogP contribution in [0.2, 0.25) is 5.02 Å². The Morgan fingerprint density at radius 1 is 1.12 bits per heavy atom. The molecular weight excluding hydrogens is 574 g/mol. The molecule has 0 radical (unpaired) electrons. The lowest BCUT2D eigenvalue weighted by Crippen LogP contribution is -2.29. The van der Waals surface area contributed by atoms with E-state index >= 15 is 0 Å². The lowest BCUT2D eigenvalue weighted by molar-refractivity contribution is -0.119. The van der Waals surface area contributed by atoms with Gasteiger partial charge in [0.05, 0.1) is 34.1 Å². The summed E-state index contributed by atoms with van der Waals surface area (Å²) in [4.78, 5) is 30.5. The molecule has 1 aliphatic heterocycles. The summed E-state index contributed by atoms with van der Waals surface area (Å²) in [6, 6.07) is 17.7. The van der Waals surface area contributed by atoms with Gasteiger partial charge in [-0.1, -0.05) is 23.7 Å². The molecule has 0 aliphatic carbocycles. The molecule has 2 unspecified atom stereocenters. The third-order valence-corrected chi connectivity index (χ3v) is 7.99. The van der Waals surface area contributed by atoms with E-state index in [0.717, 1.165) is 39.6 Å². The Kier molecular flexibility index (Phi) is 8.31. The summed E-state index contributed by atoms with van der Waals surface area (Å²) in [6.45, 7) is 5.89. The average Bonchev–Trinajstić information content (AvgIpc) is 3.45. The molecule has 42 heavy (non-hydrogen) atoms. The van der Waals surface area contributed by atoms with Crippen LogP contribution in [0.4, 0.5) is 11.4 Å². The van der Waals surface area contributed by atoms with Gasteiger partial charge in [-0.25, -0.2) is 4.79 Å². The Labute approximate surface area is 254 Å². The zero-order chi connectivity index (χ0) is 30.1. The topological polar surface area (TPSA) is 109 Å². The third-order valence-electron chi connectivity index (χ3n) is 7.36. The van der Waals surface area contributed by atoms with Crippen molar-refractivity contribution in [2.45, 2.75) is 32.9 Å². The van der Waals surface area contributed by atoms with E-state index in [1.807, 2.05) is 56.0 Å². The summed E-state index contributed by atoms with van der Waals surface area (Å²) in [7, 11) is 1.45. The average molecular weight is 604 g/mol. The first-order valence-corrected chi connectivity index (χ1v) is 14.0. The van der Waals surface area contributed by atoms with Gasteiger partial charge in [-0.3, -0.25) is 9.78 Å². The summed E-state index contributed by atoms with van der Waals surface area (Å²) < 4.78 is 6.98. The van der Waals surface area contributed by atoms with Crippen molar-refractivity contribution in [2.75, 3.05) is 23.9 Å². The maximum Gasteiger partial charge on any atom is 0.335 e.